The fraction of sp³-hybridized carbons (Fsp3) is 0.750. The van der Waals surface area contributed by atoms with E-state index in [1.165, 1.54) is 0 Å². The summed E-state index contributed by atoms with van der Waals surface area (Å²) in [6.45, 7) is 7.64. The van der Waals surface area contributed by atoms with Crippen molar-refractivity contribution in [1.82, 2.24) is 20.0 Å². The number of likely N-dealkylation sites (tertiary alicyclic amines) is 1. The SMILES string of the molecule is CC(C)NC(=O)C(C)N1CCC(n2nccc2NC(=O)C2CCCC2)CC1. The van der Waals surface area contributed by atoms with Crippen LogP contribution in [0.2, 0.25) is 0 Å². The van der Waals surface area contributed by atoms with Crippen LogP contribution >= 0.6 is 0 Å². The summed E-state index contributed by atoms with van der Waals surface area (Å²) in [4.78, 5) is 26.9. The first-order valence-electron chi connectivity index (χ1n) is 10.3. The Labute approximate surface area is 161 Å². The molecular weight excluding hydrogens is 342 g/mol. The third-order valence-electron chi connectivity index (χ3n) is 5.85. The lowest BCUT2D eigenvalue weighted by Gasteiger charge is -2.36. The minimum Gasteiger partial charge on any atom is -0.353 e. The van der Waals surface area contributed by atoms with Crippen LogP contribution in [0.15, 0.2) is 12.3 Å². The van der Waals surface area contributed by atoms with Crippen LogP contribution in [-0.2, 0) is 9.59 Å². The number of amides is 2. The van der Waals surface area contributed by atoms with Gasteiger partial charge in [0.25, 0.3) is 0 Å². The van der Waals surface area contributed by atoms with Crippen molar-refractivity contribution in [3.8, 4) is 0 Å². The number of rotatable bonds is 6. The zero-order chi connectivity index (χ0) is 19.4. The van der Waals surface area contributed by atoms with Crippen molar-refractivity contribution in [2.24, 2.45) is 5.92 Å². The Balaban J connectivity index is 1.55. The van der Waals surface area contributed by atoms with Gasteiger partial charge in [-0.1, -0.05) is 12.8 Å². The quantitative estimate of drug-likeness (QED) is 0.801. The molecule has 27 heavy (non-hydrogen) atoms. The normalized spacial score (nSPS) is 20.7. The second kappa shape index (κ2) is 8.87. The molecule has 1 saturated carbocycles. The van der Waals surface area contributed by atoms with E-state index in [-0.39, 0.29) is 35.9 Å². The van der Waals surface area contributed by atoms with Gasteiger partial charge in [0.2, 0.25) is 11.8 Å². The Hall–Kier alpha value is -1.89. The molecule has 0 aromatic carbocycles. The van der Waals surface area contributed by atoms with Crippen LogP contribution in [0.5, 0.6) is 0 Å². The molecule has 1 atom stereocenters. The van der Waals surface area contributed by atoms with Gasteiger partial charge in [0, 0.05) is 31.1 Å². The van der Waals surface area contributed by atoms with Gasteiger partial charge in [0.05, 0.1) is 18.3 Å². The maximum Gasteiger partial charge on any atom is 0.237 e. The van der Waals surface area contributed by atoms with Crippen molar-refractivity contribution in [3.63, 3.8) is 0 Å². The van der Waals surface area contributed by atoms with Crippen molar-refractivity contribution in [2.45, 2.75) is 77.4 Å². The Morgan fingerprint density at radius 1 is 1.11 bits per heavy atom. The van der Waals surface area contributed by atoms with Crippen LogP contribution < -0.4 is 10.6 Å². The summed E-state index contributed by atoms with van der Waals surface area (Å²) in [6, 6.07) is 2.19. The highest BCUT2D eigenvalue weighted by Gasteiger charge is 2.29. The van der Waals surface area contributed by atoms with Gasteiger partial charge < -0.3 is 10.6 Å². The van der Waals surface area contributed by atoms with Gasteiger partial charge >= 0.3 is 0 Å². The molecule has 2 amide bonds. The number of aromatic nitrogens is 2. The summed E-state index contributed by atoms with van der Waals surface area (Å²) in [5, 5.41) is 10.5. The van der Waals surface area contributed by atoms with E-state index in [0.717, 1.165) is 57.4 Å². The molecule has 1 aliphatic heterocycles. The molecule has 1 saturated heterocycles. The number of nitrogens with one attached hydrogen (secondary N) is 2. The zero-order valence-electron chi connectivity index (χ0n) is 16.8. The lowest BCUT2D eigenvalue weighted by molar-refractivity contribution is -0.127. The van der Waals surface area contributed by atoms with Crippen LogP contribution in [0, 0.1) is 5.92 Å². The molecule has 0 radical (unpaired) electrons. The monoisotopic (exact) mass is 375 g/mol. The smallest absolute Gasteiger partial charge is 0.237 e. The minimum absolute atomic E-state index is 0.0899. The summed E-state index contributed by atoms with van der Waals surface area (Å²) < 4.78 is 1.96. The Kier molecular flexibility index (Phi) is 6.52. The molecule has 2 aliphatic rings. The van der Waals surface area contributed by atoms with Gasteiger partial charge in [-0.05, 0) is 46.5 Å². The first-order valence-corrected chi connectivity index (χ1v) is 10.3. The van der Waals surface area contributed by atoms with Gasteiger partial charge in [0.1, 0.15) is 5.82 Å². The third-order valence-corrected chi connectivity index (χ3v) is 5.85. The second-order valence-corrected chi connectivity index (χ2v) is 8.24. The molecule has 1 aliphatic carbocycles. The molecule has 150 valence electrons. The van der Waals surface area contributed by atoms with Crippen LogP contribution in [0.4, 0.5) is 5.82 Å². The van der Waals surface area contributed by atoms with E-state index in [2.05, 4.69) is 20.6 Å². The summed E-state index contributed by atoms with van der Waals surface area (Å²) in [5.41, 5.74) is 0. The molecule has 1 aromatic rings. The van der Waals surface area contributed by atoms with Crippen LogP contribution in [-0.4, -0.2) is 51.7 Å². The van der Waals surface area contributed by atoms with Gasteiger partial charge in [-0.2, -0.15) is 5.10 Å². The van der Waals surface area contributed by atoms with E-state index in [9.17, 15) is 9.59 Å². The topological polar surface area (TPSA) is 79.3 Å². The second-order valence-electron chi connectivity index (χ2n) is 8.24. The van der Waals surface area contributed by atoms with E-state index < -0.39 is 0 Å². The minimum atomic E-state index is -0.118. The summed E-state index contributed by atoms with van der Waals surface area (Å²) in [6.07, 6.45) is 7.90. The van der Waals surface area contributed by atoms with Crippen molar-refractivity contribution in [2.75, 3.05) is 18.4 Å². The highest BCUT2D eigenvalue weighted by molar-refractivity contribution is 5.91. The zero-order valence-corrected chi connectivity index (χ0v) is 16.8. The largest absolute Gasteiger partial charge is 0.353 e. The van der Waals surface area contributed by atoms with Crippen molar-refractivity contribution < 1.29 is 9.59 Å². The van der Waals surface area contributed by atoms with E-state index >= 15 is 0 Å². The molecule has 0 bridgehead atoms. The number of carbonyl (C=O) groups is 2. The fourth-order valence-electron chi connectivity index (χ4n) is 4.21. The first kappa shape index (κ1) is 19.9. The lowest BCUT2D eigenvalue weighted by Crippen LogP contribution is -2.49. The standard InChI is InChI=1S/C20H33N5O2/c1-14(2)22-19(26)15(3)24-12-9-17(10-13-24)25-18(8-11-21-25)23-20(27)16-6-4-5-7-16/h8,11,14-17H,4-7,9-10,12-13H2,1-3H3,(H,22,26)(H,23,27). The summed E-state index contributed by atoms with van der Waals surface area (Å²) in [7, 11) is 0. The first-order chi connectivity index (χ1) is 13.0. The maximum atomic E-state index is 12.4. The van der Waals surface area contributed by atoms with Crippen LogP contribution in [0.1, 0.15) is 65.3 Å². The van der Waals surface area contributed by atoms with E-state index in [1.807, 2.05) is 31.5 Å². The Morgan fingerprint density at radius 3 is 2.41 bits per heavy atom. The molecule has 7 nitrogen and oxygen atoms in total. The van der Waals surface area contributed by atoms with Crippen LogP contribution in [0.3, 0.4) is 0 Å². The molecule has 2 heterocycles. The highest BCUT2D eigenvalue weighted by Crippen LogP contribution is 2.29. The molecular formula is C20H33N5O2. The van der Waals surface area contributed by atoms with Gasteiger partial charge in [-0.3, -0.25) is 14.5 Å². The van der Waals surface area contributed by atoms with Gasteiger partial charge in [-0.25, -0.2) is 4.68 Å². The molecule has 0 spiro atoms. The number of hydrogen-bond acceptors (Lipinski definition) is 4. The number of carbonyl (C=O) groups excluding carboxylic acids is 2. The van der Waals surface area contributed by atoms with Crippen molar-refractivity contribution >= 4 is 17.6 Å². The predicted molar refractivity (Wildman–Crippen MR) is 105 cm³/mol. The molecule has 1 aromatic heterocycles. The van der Waals surface area contributed by atoms with E-state index in [1.54, 1.807) is 6.20 Å². The average molecular weight is 376 g/mol. The van der Waals surface area contributed by atoms with Crippen molar-refractivity contribution in [1.29, 1.82) is 0 Å². The molecule has 7 heteroatoms. The molecule has 2 fully saturated rings. The van der Waals surface area contributed by atoms with Crippen LogP contribution in [0.25, 0.3) is 0 Å². The van der Waals surface area contributed by atoms with Gasteiger partial charge in [0.15, 0.2) is 0 Å². The molecule has 1 unspecified atom stereocenters. The van der Waals surface area contributed by atoms with E-state index in [0.29, 0.717) is 0 Å². The number of nitrogens with zero attached hydrogens (tertiary/aromatic N) is 3. The third kappa shape index (κ3) is 4.89. The maximum absolute atomic E-state index is 12.4. The Bertz CT molecular complexity index is 643. The predicted octanol–water partition coefficient (Wildman–Crippen LogP) is 2.56. The highest BCUT2D eigenvalue weighted by atomic mass is 16.2. The van der Waals surface area contributed by atoms with E-state index in [4.69, 9.17) is 0 Å². The van der Waals surface area contributed by atoms with Gasteiger partial charge in [-0.15, -0.1) is 0 Å². The summed E-state index contributed by atoms with van der Waals surface area (Å²) >= 11 is 0. The fourth-order valence-corrected chi connectivity index (χ4v) is 4.21. The number of anilines is 1. The molecule has 2 N–H and O–H groups in total. The summed E-state index contributed by atoms with van der Waals surface area (Å²) in [5.74, 6) is 1.17. The Morgan fingerprint density at radius 2 is 1.78 bits per heavy atom. The average Bonchev–Trinajstić information content (AvgIpc) is 3.32. The molecule has 3 rings (SSSR count). The van der Waals surface area contributed by atoms with Crippen molar-refractivity contribution in [3.05, 3.63) is 12.3 Å². The number of hydrogen-bond donors (Lipinski definition) is 2. The lowest BCUT2D eigenvalue weighted by atomic mass is 10.0. The number of piperidine rings is 1.